The normalized spacial score (nSPS) is 17.2. The van der Waals surface area contributed by atoms with Crippen LogP contribution in [0.3, 0.4) is 0 Å². The largest absolute Gasteiger partial charge is 0.449 e. The topological polar surface area (TPSA) is 18.5 Å². The molecule has 7 rings (SSSR count). The van der Waals surface area contributed by atoms with Crippen LogP contribution in [0.4, 0.5) is 0 Å². The van der Waals surface area contributed by atoms with Gasteiger partial charge in [0.25, 0.3) is 0 Å². The van der Waals surface area contributed by atoms with Crippen molar-refractivity contribution in [1.82, 2.24) is 0 Å². The molecule has 0 aromatic heterocycles. The predicted octanol–water partition coefficient (Wildman–Crippen LogP) is 9.80. The Morgan fingerprint density at radius 1 is 0.730 bits per heavy atom. The fourth-order valence-corrected chi connectivity index (χ4v) is 6.25. The summed E-state index contributed by atoms with van der Waals surface area (Å²) in [6, 6.07) is 30.0. The second kappa shape index (κ2) is 8.24. The SMILES string of the molecule is CC(c1ccccc1)c1ccc(-c2cccc3c2Oc2ccc4c(c2O3)C2=C(C=CCC2)C4(C)C)cc1. The number of benzene rings is 4. The van der Waals surface area contributed by atoms with Gasteiger partial charge in [-0.15, -0.1) is 0 Å². The fourth-order valence-electron chi connectivity index (χ4n) is 6.25. The molecule has 2 aliphatic carbocycles. The van der Waals surface area contributed by atoms with Crippen molar-refractivity contribution in [2.45, 2.75) is 44.9 Å². The number of hydrogen-bond donors (Lipinski definition) is 0. The van der Waals surface area contributed by atoms with Crippen molar-refractivity contribution in [3.8, 4) is 34.1 Å². The quantitative estimate of drug-likeness (QED) is 0.255. The number of allylic oxidation sites excluding steroid dienone is 4. The van der Waals surface area contributed by atoms with Crippen LogP contribution in [-0.4, -0.2) is 0 Å². The lowest BCUT2D eigenvalue weighted by atomic mass is 9.80. The first kappa shape index (κ1) is 22.2. The molecule has 1 unspecified atom stereocenters. The predicted molar refractivity (Wildman–Crippen MR) is 151 cm³/mol. The summed E-state index contributed by atoms with van der Waals surface area (Å²) in [5.41, 5.74) is 10.1. The van der Waals surface area contributed by atoms with Crippen LogP contribution >= 0.6 is 0 Å². The molecule has 37 heavy (non-hydrogen) atoms. The standard InChI is InChI=1S/C35H30O2/c1-22(23-10-5-4-6-11-23)24-16-18-25(19-17-24)26-13-9-15-30-33(26)36-31-21-20-29-32(34(31)37-30)27-12-7-8-14-28(27)35(29,2)3/h4-6,8-11,13-22H,7,12H2,1-3H3. The van der Waals surface area contributed by atoms with E-state index in [0.717, 1.165) is 47.0 Å². The molecule has 0 fully saturated rings. The van der Waals surface area contributed by atoms with Crippen LogP contribution < -0.4 is 9.47 Å². The summed E-state index contributed by atoms with van der Waals surface area (Å²) < 4.78 is 13.3. The highest BCUT2D eigenvalue weighted by atomic mass is 16.6. The molecule has 182 valence electrons. The first-order valence-electron chi connectivity index (χ1n) is 13.2. The molecule has 0 amide bonds. The van der Waals surface area contributed by atoms with Crippen molar-refractivity contribution < 1.29 is 9.47 Å². The van der Waals surface area contributed by atoms with Crippen molar-refractivity contribution in [2.24, 2.45) is 0 Å². The van der Waals surface area contributed by atoms with Crippen LogP contribution in [0.2, 0.25) is 0 Å². The van der Waals surface area contributed by atoms with Gasteiger partial charge in [0.05, 0.1) is 0 Å². The molecule has 1 atom stereocenters. The van der Waals surface area contributed by atoms with E-state index in [4.69, 9.17) is 9.47 Å². The molecule has 0 spiro atoms. The van der Waals surface area contributed by atoms with Gasteiger partial charge in [-0.3, -0.25) is 0 Å². The third-order valence-electron chi connectivity index (χ3n) is 8.36. The Hall–Kier alpha value is -4.04. The second-order valence-electron chi connectivity index (χ2n) is 10.9. The van der Waals surface area contributed by atoms with E-state index in [9.17, 15) is 0 Å². The second-order valence-corrected chi connectivity index (χ2v) is 10.9. The minimum absolute atomic E-state index is 0.0270. The summed E-state index contributed by atoms with van der Waals surface area (Å²) in [5.74, 6) is 3.56. The van der Waals surface area contributed by atoms with Crippen LogP contribution in [0.1, 0.15) is 61.8 Å². The molecule has 1 aliphatic heterocycles. The molecule has 3 aliphatic rings. The van der Waals surface area contributed by atoms with E-state index < -0.39 is 0 Å². The van der Waals surface area contributed by atoms with Crippen molar-refractivity contribution in [3.05, 3.63) is 125 Å². The zero-order valence-electron chi connectivity index (χ0n) is 21.5. The fraction of sp³-hybridized carbons (Fsp3) is 0.200. The van der Waals surface area contributed by atoms with Crippen LogP contribution in [0.5, 0.6) is 23.0 Å². The first-order valence-corrected chi connectivity index (χ1v) is 13.2. The Labute approximate surface area is 218 Å². The molecule has 4 aromatic rings. The number of hydrogen-bond acceptors (Lipinski definition) is 2. The molecule has 0 N–H and O–H groups in total. The van der Waals surface area contributed by atoms with Crippen LogP contribution in [0, 0.1) is 0 Å². The average molecular weight is 483 g/mol. The maximum atomic E-state index is 6.66. The highest BCUT2D eigenvalue weighted by Gasteiger charge is 2.41. The molecule has 2 heteroatoms. The van der Waals surface area contributed by atoms with Gasteiger partial charge in [-0.2, -0.15) is 0 Å². The lowest BCUT2D eigenvalue weighted by Crippen LogP contribution is -2.16. The lowest BCUT2D eigenvalue weighted by molar-refractivity contribution is 0.359. The monoisotopic (exact) mass is 482 g/mol. The summed E-state index contributed by atoms with van der Waals surface area (Å²) in [5, 5.41) is 0. The molecular weight excluding hydrogens is 452 g/mol. The zero-order chi connectivity index (χ0) is 25.1. The summed E-state index contributed by atoms with van der Waals surface area (Å²) in [4.78, 5) is 0. The van der Waals surface area contributed by atoms with E-state index in [1.807, 2.05) is 6.07 Å². The van der Waals surface area contributed by atoms with Crippen LogP contribution in [0.15, 0.2) is 103 Å². The Bertz CT molecular complexity index is 1590. The lowest BCUT2D eigenvalue weighted by Gasteiger charge is -2.27. The van der Waals surface area contributed by atoms with Gasteiger partial charge in [0.1, 0.15) is 0 Å². The molecule has 0 bridgehead atoms. The van der Waals surface area contributed by atoms with Gasteiger partial charge in [-0.25, -0.2) is 0 Å². The Morgan fingerprint density at radius 2 is 1.46 bits per heavy atom. The van der Waals surface area contributed by atoms with Gasteiger partial charge >= 0.3 is 0 Å². The highest BCUT2D eigenvalue weighted by molar-refractivity contribution is 5.89. The smallest absolute Gasteiger partial charge is 0.177 e. The van der Waals surface area contributed by atoms with Crippen molar-refractivity contribution in [3.63, 3.8) is 0 Å². The molecule has 2 nitrogen and oxygen atoms in total. The van der Waals surface area contributed by atoms with E-state index in [-0.39, 0.29) is 5.41 Å². The molecule has 0 saturated carbocycles. The molecular formula is C35H30O2. The van der Waals surface area contributed by atoms with Crippen molar-refractivity contribution in [1.29, 1.82) is 0 Å². The van der Waals surface area contributed by atoms with Crippen molar-refractivity contribution >= 4 is 5.57 Å². The zero-order valence-corrected chi connectivity index (χ0v) is 21.5. The molecule has 0 saturated heterocycles. The summed E-state index contributed by atoms with van der Waals surface area (Å²) in [7, 11) is 0. The van der Waals surface area contributed by atoms with Gasteiger partial charge in [0, 0.05) is 22.5 Å². The van der Waals surface area contributed by atoms with Gasteiger partial charge < -0.3 is 9.47 Å². The number of fused-ring (bicyclic) bond motifs is 5. The Morgan fingerprint density at radius 3 is 2.27 bits per heavy atom. The highest BCUT2D eigenvalue weighted by Crippen LogP contribution is 2.59. The third-order valence-corrected chi connectivity index (χ3v) is 8.36. The van der Waals surface area contributed by atoms with Gasteiger partial charge in [-0.1, -0.05) is 106 Å². The molecule has 0 radical (unpaired) electrons. The van der Waals surface area contributed by atoms with E-state index in [0.29, 0.717) is 5.92 Å². The maximum Gasteiger partial charge on any atom is 0.177 e. The first-order chi connectivity index (χ1) is 18.0. The minimum atomic E-state index is -0.0270. The minimum Gasteiger partial charge on any atom is -0.449 e. The average Bonchev–Trinajstić information content (AvgIpc) is 3.18. The van der Waals surface area contributed by atoms with E-state index in [1.54, 1.807) is 0 Å². The summed E-state index contributed by atoms with van der Waals surface area (Å²) in [6.07, 6.45) is 6.72. The molecule has 1 heterocycles. The van der Waals surface area contributed by atoms with Crippen LogP contribution in [-0.2, 0) is 5.41 Å². The van der Waals surface area contributed by atoms with Gasteiger partial charge in [-0.05, 0) is 58.4 Å². The third kappa shape index (κ3) is 3.39. The van der Waals surface area contributed by atoms with E-state index in [1.165, 1.54) is 33.4 Å². The Balaban J connectivity index is 1.25. The number of rotatable bonds is 3. The Kier molecular flexibility index (Phi) is 4.94. The number of para-hydroxylation sites is 1. The van der Waals surface area contributed by atoms with Gasteiger partial charge in [0.15, 0.2) is 23.0 Å². The van der Waals surface area contributed by atoms with Gasteiger partial charge in [0.2, 0.25) is 0 Å². The van der Waals surface area contributed by atoms with Crippen molar-refractivity contribution in [2.75, 3.05) is 0 Å². The maximum absolute atomic E-state index is 6.66. The van der Waals surface area contributed by atoms with E-state index >= 15 is 0 Å². The number of ether oxygens (including phenoxy) is 2. The van der Waals surface area contributed by atoms with Crippen LogP contribution in [0.25, 0.3) is 16.7 Å². The summed E-state index contributed by atoms with van der Waals surface area (Å²) in [6.45, 7) is 6.88. The molecule has 4 aromatic carbocycles. The van der Waals surface area contributed by atoms with E-state index in [2.05, 4.69) is 112 Å². The summed E-state index contributed by atoms with van der Waals surface area (Å²) >= 11 is 0.